The van der Waals surface area contributed by atoms with Crippen molar-refractivity contribution < 1.29 is 22.7 Å². The third-order valence-corrected chi connectivity index (χ3v) is 6.58. The summed E-state index contributed by atoms with van der Waals surface area (Å²) in [6.07, 6.45) is 0. The first kappa shape index (κ1) is 24.1. The van der Waals surface area contributed by atoms with Crippen LogP contribution in [-0.4, -0.2) is 34.1 Å². The fraction of sp³-hybridized carbons (Fsp3) is 0.240. The van der Waals surface area contributed by atoms with Gasteiger partial charge in [-0.3, -0.25) is 4.79 Å². The lowest BCUT2D eigenvalue weighted by Crippen LogP contribution is -2.22. The maximum absolute atomic E-state index is 13.3. The molecule has 0 radical (unpaired) electrons. The molecule has 3 aromatic rings. The van der Waals surface area contributed by atoms with Gasteiger partial charge < -0.3 is 20.1 Å². The third-order valence-electron chi connectivity index (χ3n) is 4.79. The molecule has 0 unspecified atom stereocenters. The summed E-state index contributed by atoms with van der Waals surface area (Å²) in [5.74, 6) is 0.453. The van der Waals surface area contributed by atoms with Gasteiger partial charge in [0.2, 0.25) is 15.7 Å². The Hall–Kier alpha value is -3.52. The van der Waals surface area contributed by atoms with Crippen LogP contribution in [0.2, 0.25) is 0 Å². The first-order chi connectivity index (χ1) is 15.9. The fourth-order valence-corrected chi connectivity index (χ4v) is 4.64. The molecular weight excluding hydrogens is 440 g/mol. The van der Waals surface area contributed by atoms with Gasteiger partial charge in [-0.1, -0.05) is 35.9 Å². The van der Waals surface area contributed by atoms with Crippen LogP contribution < -0.4 is 20.1 Å². The average Bonchev–Trinajstić information content (AvgIpc) is 2.80. The van der Waals surface area contributed by atoms with E-state index >= 15 is 0 Å². The highest BCUT2D eigenvalue weighted by atomic mass is 32.2. The minimum absolute atomic E-state index is 0.0419. The summed E-state index contributed by atoms with van der Waals surface area (Å²) in [6.45, 7) is 6.19. The lowest BCUT2D eigenvalue weighted by atomic mass is 10.2. The third kappa shape index (κ3) is 5.84. The van der Waals surface area contributed by atoms with Crippen LogP contribution in [0.1, 0.15) is 19.4 Å². The predicted octanol–water partition coefficient (Wildman–Crippen LogP) is 4.68. The molecule has 0 spiro atoms. The number of hydrogen-bond acceptors (Lipinski definition) is 6. The molecule has 7 nitrogen and oxygen atoms in total. The molecule has 1 amide bonds. The summed E-state index contributed by atoms with van der Waals surface area (Å²) in [6, 6.07) is 18.6. The molecule has 0 aliphatic rings. The molecule has 8 heteroatoms. The molecule has 0 fully saturated rings. The van der Waals surface area contributed by atoms with Gasteiger partial charge in [-0.15, -0.1) is 0 Å². The lowest BCUT2D eigenvalue weighted by Gasteiger charge is -2.17. The van der Waals surface area contributed by atoms with Crippen molar-refractivity contribution in [3.05, 3.63) is 72.3 Å². The number of aryl methyl sites for hydroxylation is 1. The second kappa shape index (κ2) is 10.9. The summed E-state index contributed by atoms with van der Waals surface area (Å²) >= 11 is 0. The number of rotatable bonds is 10. The number of ether oxygens (including phenoxy) is 2. The Morgan fingerprint density at radius 2 is 1.52 bits per heavy atom. The van der Waals surface area contributed by atoms with Crippen LogP contribution >= 0.6 is 0 Å². The summed E-state index contributed by atoms with van der Waals surface area (Å²) < 4.78 is 37.8. The molecule has 0 aliphatic heterocycles. The highest BCUT2D eigenvalue weighted by Crippen LogP contribution is 2.36. The molecule has 0 bridgehead atoms. The van der Waals surface area contributed by atoms with Gasteiger partial charge in [0.15, 0.2) is 5.75 Å². The zero-order valence-electron chi connectivity index (χ0n) is 18.9. The second-order valence-electron chi connectivity index (χ2n) is 7.21. The van der Waals surface area contributed by atoms with E-state index in [4.69, 9.17) is 9.47 Å². The average molecular weight is 469 g/mol. The van der Waals surface area contributed by atoms with Gasteiger partial charge in [0.05, 0.1) is 36.0 Å². The minimum atomic E-state index is -3.81. The number of benzene rings is 3. The topological polar surface area (TPSA) is 93.7 Å². The zero-order valence-corrected chi connectivity index (χ0v) is 19.7. The molecule has 0 aliphatic carbocycles. The van der Waals surface area contributed by atoms with Crippen molar-refractivity contribution in [2.24, 2.45) is 0 Å². The van der Waals surface area contributed by atoms with Gasteiger partial charge in [0.25, 0.3) is 0 Å². The molecule has 174 valence electrons. The molecule has 0 saturated heterocycles. The van der Waals surface area contributed by atoms with E-state index in [2.05, 4.69) is 10.6 Å². The van der Waals surface area contributed by atoms with E-state index in [-0.39, 0.29) is 34.6 Å². The van der Waals surface area contributed by atoms with E-state index in [1.165, 1.54) is 6.07 Å². The molecule has 0 heterocycles. The van der Waals surface area contributed by atoms with Crippen molar-refractivity contribution in [3.8, 4) is 11.5 Å². The van der Waals surface area contributed by atoms with Gasteiger partial charge in [-0.2, -0.15) is 0 Å². The smallest absolute Gasteiger partial charge is 0.243 e. The van der Waals surface area contributed by atoms with E-state index in [0.717, 1.165) is 5.56 Å². The number of sulfone groups is 1. The van der Waals surface area contributed by atoms with Crippen molar-refractivity contribution in [1.29, 1.82) is 0 Å². The van der Waals surface area contributed by atoms with Crippen molar-refractivity contribution in [2.75, 3.05) is 30.4 Å². The summed E-state index contributed by atoms with van der Waals surface area (Å²) in [7, 11) is -3.81. The Bertz CT molecular complexity index is 1210. The Balaban J connectivity index is 1.83. The normalized spacial score (nSPS) is 11.0. The SMILES string of the molecule is CCOc1ccccc1NC(=O)CNc1cccc(S(=O)(=O)c2ccc(C)cc2)c1OCC. The summed E-state index contributed by atoms with van der Waals surface area (Å²) in [5.41, 5.74) is 1.94. The first-order valence-electron chi connectivity index (χ1n) is 10.7. The van der Waals surface area contributed by atoms with Crippen molar-refractivity contribution in [2.45, 2.75) is 30.6 Å². The molecule has 33 heavy (non-hydrogen) atoms. The van der Waals surface area contributed by atoms with Crippen LogP contribution in [0.15, 0.2) is 76.5 Å². The van der Waals surface area contributed by atoms with Crippen LogP contribution in [0.3, 0.4) is 0 Å². The van der Waals surface area contributed by atoms with Crippen LogP contribution in [0.5, 0.6) is 11.5 Å². The molecule has 0 atom stereocenters. The number of nitrogens with one attached hydrogen (secondary N) is 2. The lowest BCUT2D eigenvalue weighted by molar-refractivity contribution is -0.114. The van der Waals surface area contributed by atoms with E-state index in [9.17, 15) is 13.2 Å². The number of hydrogen-bond donors (Lipinski definition) is 2. The van der Waals surface area contributed by atoms with Crippen molar-refractivity contribution in [1.82, 2.24) is 0 Å². The van der Waals surface area contributed by atoms with E-state index in [0.29, 0.717) is 23.7 Å². The van der Waals surface area contributed by atoms with Crippen LogP contribution in [0, 0.1) is 6.92 Å². The maximum atomic E-state index is 13.3. The predicted molar refractivity (Wildman–Crippen MR) is 129 cm³/mol. The zero-order chi connectivity index (χ0) is 23.8. The number of para-hydroxylation sites is 3. The maximum Gasteiger partial charge on any atom is 0.243 e. The fourth-order valence-electron chi connectivity index (χ4n) is 3.23. The highest BCUT2D eigenvalue weighted by Gasteiger charge is 2.24. The molecule has 0 saturated carbocycles. The Morgan fingerprint density at radius 1 is 0.848 bits per heavy atom. The molecule has 3 rings (SSSR count). The van der Waals surface area contributed by atoms with Crippen molar-refractivity contribution >= 4 is 27.1 Å². The second-order valence-corrected chi connectivity index (χ2v) is 9.13. The van der Waals surface area contributed by atoms with Crippen molar-refractivity contribution in [3.63, 3.8) is 0 Å². The largest absolute Gasteiger partial charge is 0.492 e. The number of amides is 1. The standard InChI is InChI=1S/C25H28N2O5S/c1-4-31-22-11-7-6-9-20(22)27-24(28)17-26-21-10-8-12-23(25(21)32-5-2)33(29,30)19-15-13-18(3)14-16-19/h6-16,26H,4-5,17H2,1-3H3,(H,27,28). The van der Waals surface area contributed by atoms with Gasteiger partial charge in [-0.05, 0) is 57.2 Å². The Morgan fingerprint density at radius 3 is 2.21 bits per heavy atom. The Labute approximate surface area is 194 Å². The summed E-state index contributed by atoms with van der Waals surface area (Å²) in [5, 5.41) is 5.81. The molecule has 3 aromatic carbocycles. The molecule has 2 N–H and O–H groups in total. The van der Waals surface area contributed by atoms with Gasteiger partial charge in [0.1, 0.15) is 10.6 Å². The Kier molecular flexibility index (Phi) is 7.95. The quantitative estimate of drug-likeness (QED) is 0.449. The number of carbonyl (C=O) groups excluding carboxylic acids is 1. The van der Waals surface area contributed by atoms with Crippen LogP contribution in [0.25, 0.3) is 0 Å². The number of anilines is 2. The molecule has 0 aromatic heterocycles. The van der Waals surface area contributed by atoms with Crippen LogP contribution in [0.4, 0.5) is 11.4 Å². The first-order valence-corrected chi connectivity index (χ1v) is 12.2. The van der Waals surface area contributed by atoms with E-state index < -0.39 is 9.84 Å². The van der Waals surface area contributed by atoms with Gasteiger partial charge in [0, 0.05) is 0 Å². The van der Waals surface area contributed by atoms with E-state index in [1.54, 1.807) is 61.5 Å². The summed E-state index contributed by atoms with van der Waals surface area (Å²) in [4.78, 5) is 12.8. The van der Waals surface area contributed by atoms with E-state index in [1.807, 2.05) is 19.9 Å². The molecular formula is C25H28N2O5S. The monoisotopic (exact) mass is 468 g/mol. The minimum Gasteiger partial charge on any atom is -0.492 e. The van der Waals surface area contributed by atoms with Gasteiger partial charge in [-0.25, -0.2) is 8.42 Å². The number of carbonyl (C=O) groups is 1. The highest BCUT2D eigenvalue weighted by molar-refractivity contribution is 7.91. The van der Waals surface area contributed by atoms with Gasteiger partial charge >= 0.3 is 0 Å². The van der Waals surface area contributed by atoms with Crippen LogP contribution in [-0.2, 0) is 14.6 Å².